The number of allylic oxidation sites excluding steroid dienone is 1. The van der Waals surface area contributed by atoms with Gasteiger partial charge in [0.2, 0.25) is 5.91 Å². The van der Waals surface area contributed by atoms with E-state index in [-0.39, 0.29) is 11.9 Å². The third-order valence-corrected chi connectivity index (χ3v) is 5.92. The van der Waals surface area contributed by atoms with Crippen LogP contribution < -0.4 is 4.80 Å². The average Bonchev–Trinajstić information content (AvgIpc) is 3.27. The lowest BCUT2D eigenvalue weighted by atomic mass is 10.0. The summed E-state index contributed by atoms with van der Waals surface area (Å²) in [6, 6.07) is 5.38. The van der Waals surface area contributed by atoms with Gasteiger partial charge in [-0.05, 0) is 30.5 Å². The maximum atomic E-state index is 12.4. The van der Waals surface area contributed by atoms with Gasteiger partial charge in [-0.25, -0.2) is 4.79 Å². The van der Waals surface area contributed by atoms with Crippen LogP contribution in [0.15, 0.2) is 35.8 Å². The zero-order valence-corrected chi connectivity index (χ0v) is 15.9. The van der Waals surface area contributed by atoms with Crippen LogP contribution in [0.3, 0.4) is 0 Å². The van der Waals surface area contributed by atoms with E-state index in [1.807, 2.05) is 10.6 Å². The molecule has 0 N–H and O–H groups in total. The summed E-state index contributed by atoms with van der Waals surface area (Å²) in [4.78, 5) is 29.1. The highest BCUT2D eigenvalue weighted by atomic mass is 32.1. The molecule has 0 unspecified atom stereocenters. The normalized spacial score (nSPS) is 15.5. The van der Waals surface area contributed by atoms with Crippen molar-refractivity contribution in [3.05, 3.63) is 41.2 Å². The van der Waals surface area contributed by atoms with Crippen LogP contribution in [0.5, 0.6) is 0 Å². The zero-order chi connectivity index (χ0) is 18.5. The Morgan fingerprint density at radius 2 is 2.15 bits per heavy atom. The van der Waals surface area contributed by atoms with Crippen LogP contribution in [0.4, 0.5) is 0 Å². The fourth-order valence-corrected chi connectivity index (χ4v) is 4.59. The number of carbonyl (C=O) groups excluding carboxylic acids is 2. The Hall–Kier alpha value is -2.21. The molecule has 1 aliphatic carbocycles. The number of ether oxygens (including phenoxy) is 1. The van der Waals surface area contributed by atoms with Crippen LogP contribution in [0.25, 0.3) is 10.2 Å². The van der Waals surface area contributed by atoms with E-state index >= 15 is 0 Å². The molecule has 0 saturated heterocycles. The Labute approximate surface area is 157 Å². The summed E-state index contributed by atoms with van der Waals surface area (Å²) < 4.78 is 7.64. The molecule has 1 aromatic carbocycles. The van der Waals surface area contributed by atoms with E-state index in [0.29, 0.717) is 29.2 Å². The number of methoxy groups -OCH3 is 1. The number of nitrogens with zero attached hydrogens (tertiary/aromatic N) is 2. The minimum atomic E-state index is -0.373. The first-order chi connectivity index (χ1) is 12.6. The van der Waals surface area contributed by atoms with Gasteiger partial charge in [-0.3, -0.25) is 4.79 Å². The highest BCUT2D eigenvalue weighted by Crippen LogP contribution is 2.28. The van der Waals surface area contributed by atoms with Crippen molar-refractivity contribution >= 4 is 33.4 Å². The lowest BCUT2D eigenvalue weighted by Gasteiger charge is -2.05. The number of thiazole rings is 1. The van der Waals surface area contributed by atoms with Crippen molar-refractivity contribution in [3.8, 4) is 0 Å². The second kappa shape index (κ2) is 8.45. The molecule has 5 nitrogen and oxygen atoms in total. The second-order valence-corrected chi connectivity index (χ2v) is 7.66. The molecule has 138 valence electrons. The van der Waals surface area contributed by atoms with E-state index in [1.54, 1.807) is 18.2 Å². The topological polar surface area (TPSA) is 60.7 Å². The van der Waals surface area contributed by atoms with Gasteiger partial charge < -0.3 is 9.30 Å². The molecule has 1 fully saturated rings. The number of fused-ring (bicyclic) bond motifs is 1. The number of hydrogen-bond acceptors (Lipinski definition) is 4. The molecule has 1 amide bonds. The summed E-state index contributed by atoms with van der Waals surface area (Å²) in [7, 11) is 1.36. The molecule has 0 bridgehead atoms. The van der Waals surface area contributed by atoms with E-state index in [0.717, 1.165) is 16.6 Å². The van der Waals surface area contributed by atoms with Gasteiger partial charge in [0, 0.05) is 13.0 Å². The van der Waals surface area contributed by atoms with Crippen LogP contribution in [0.2, 0.25) is 0 Å². The Morgan fingerprint density at radius 3 is 2.85 bits per heavy atom. The molecule has 3 rings (SSSR count). The van der Waals surface area contributed by atoms with Gasteiger partial charge in [-0.15, -0.1) is 6.58 Å². The summed E-state index contributed by atoms with van der Waals surface area (Å²) in [6.07, 6.45) is 8.26. The van der Waals surface area contributed by atoms with E-state index in [1.165, 1.54) is 44.1 Å². The first kappa shape index (κ1) is 18.6. The minimum Gasteiger partial charge on any atom is -0.465 e. The average molecular weight is 372 g/mol. The molecular formula is C20H24N2O3S. The highest BCUT2D eigenvalue weighted by Gasteiger charge is 2.16. The standard InChI is InChI=1S/C20H24N2O3S/c1-3-12-22-16-10-9-15(19(24)25-2)13-17(16)26-20(22)21-18(23)11-8-14-6-4-5-7-14/h3,9-10,13-14H,1,4-8,11-12H2,2H3. The molecule has 1 saturated carbocycles. The molecule has 1 heterocycles. The molecule has 0 radical (unpaired) electrons. The monoisotopic (exact) mass is 372 g/mol. The van der Waals surface area contributed by atoms with E-state index in [4.69, 9.17) is 4.74 Å². The summed E-state index contributed by atoms with van der Waals surface area (Å²) in [5.74, 6) is 0.232. The second-order valence-electron chi connectivity index (χ2n) is 6.65. The van der Waals surface area contributed by atoms with Gasteiger partial charge in [0.1, 0.15) is 0 Å². The SMILES string of the molecule is C=CCn1c(=NC(=O)CCC2CCCC2)sc2cc(C(=O)OC)ccc21. The molecule has 0 atom stereocenters. The molecule has 6 heteroatoms. The molecule has 26 heavy (non-hydrogen) atoms. The number of amides is 1. The van der Waals surface area contributed by atoms with Gasteiger partial charge in [0.25, 0.3) is 0 Å². The molecule has 0 aliphatic heterocycles. The van der Waals surface area contributed by atoms with Crippen LogP contribution in [0.1, 0.15) is 48.9 Å². The molecular weight excluding hydrogens is 348 g/mol. The van der Waals surface area contributed by atoms with Gasteiger partial charge in [0.15, 0.2) is 4.80 Å². The maximum absolute atomic E-state index is 12.4. The quantitative estimate of drug-likeness (QED) is 0.567. The van der Waals surface area contributed by atoms with Crippen molar-refractivity contribution in [2.24, 2.45) is 10.9 Å². The van der Waals surface area contributed by atoms with Crippen LogP contribution in [-0.4, -0.2) is 23.6 Å². The largest absolute Gasteiger partial charge is 0.465 e. The number of hydrogen-bond donors (Lipinski definition) is 0. The summed E-state index contributed by atoms with van der Waals surface area (Å²) in [6.45, 7) is 4.36. The van der Waals surface area contributed by atoms with Gasteiger partial charge in [0.05, 0.1) is 22.9 Å². The third-order valence-electron chi connectivity index (χ3n) is 4.88. The predicted octanol–water partition coefficient (Wildman–Crippen LogP) is 4.07. The number of aromatic nitrogens is 1. The molecule has 1 aromatic heterocycles. The summed E-state index contributed by atoms with van der Waals surface area (Å²) >= 11 is 1.41. The number of esters is 1. The fourth-order valence-electron chi connectivity index (χ4n) is 3.50. The lowest BCUT2D eigenvalue weighted by Crippen LogP contribution is -2.16. The van der Waals surface area contributed by atoms with Gasteiger partial charge >= 0.3 is 5.97 Å². The maximum Gasteiger partial charge on any atom is 0.337 e. The lowest BCUT2D eigenvalue weighted by molar-refractivity contribution is -0.118. The number of benzene rings is 1. The van der Waals surface area contributed by atoms with E-state index in [9.17, 15) is 9.59 Å². The first-order valence-corrected chi connectivity index (χ1v) is 9.84. The zero-order valence-electron chi connectivity index (χ0n) is 15.1. The van der Waals surface area contributed by atoms with Crippen molar-refractivity contribution in [2.45, 2.75) is 45.1 Å². The van der Waals surface area contributed by atoms with Gasteiger partial charge in [-0.2, -0.15) is 4.99 Å². The van der Waals surface area contributed by atoms with Crippen molar-refractivity contribution < 1.29 is 14.3 Å². The highest BCUT2D eigenvalue weighted by molar-refractivity contribution is 7.16. The van der Waals surface area contributed by atoms with Crippen LogP contribution in [-0.2, 0) is 16.1 Å². The fraction of sp³-hybridized carbons (Fsp3) is 0.450. The summed E-state index contributed by atoms with van der Waals surface area (Å²) in [5.41, 5.74) is 1.43. The smallest absolute Gasteiger partial charge is 0.337 e. The number of rotatable bonds is 6. The summed E-state index contributed by atoms with van der Waals surface area (Å²) in [5, 5.41) is 0. The molecule has 2 aromatic rings. The Bertz CT molecular complexity index is 888. The molecule has 0 spiro atoms. The third kappa shape index (κ3) is 4.12. The molecule has 1 aliphatic rings. The Morgan fingerprint density at radius 1 is 1.38 bits per heavy atom. The van der Waals surface area contributed by atoms with Crippen LogP contribution in [0, 0.1) is 5.92 Å². The van der Waals surface area contributed by atoms with Crippen molar-refractivity contribution in [3.63, 3.8) is 0 Å². The van der Waals surface area contributed by atoms with Crippen molar-refractivity contribution in [1.29, 1.82) is 0 Å². The minimum absolute atomic E-state index is 0.0746. The predicted molar refractivity (Wildman–Crippen MR) is 103 cm³/mol. The Balaban J connectivity index is 1.89. The van der Waals surface area contributed by atoms with E-state index < -0.39 is 0 Å². The van der Waals surface area contributed by atoms with E-state index in [2.05, 4.69) is 11.6 Å². The first-order valence-electron chi connectivity index (χ1n) is 9.02. The van der Waals surface area contributed by atoms with Crippen LogP contribution >= 0.6 is 11.3 Å². The van der Waals surface area contributed by atoms with Crippen molar-refractivity contribution in [2.75, 3.05) is 7.11 Å². The van der Waals surface area contributed by atoms with Crippen molar-refractivity contribution in [1.82, 2.24) is 4.57 Å². The van der Waals surface area contributed by atoms with Gasteiger partial charge in [-0.1, -0.05) is 43.1 Å². The Kier molecular flexibility index (Phi) is 6.04. The number of carbonyl (C=O) groups is 2.